The lowest BCUT2D eigenvalue weighted by atomic mass is 10.2. The SMILES string of the molecule is CC(=O)c1cc2ccc(O)c(N)c2o1. The van der Waals surface area contributed by atoms with Crippen LogP contribution in [0.4, 0.5) is 5.69 Å². The second kappa shape index (κ2) is 2.77. The van der Waals surface area contributed by atoms with Crippen LogP contribution in [0.1, 0.15) is 17.5 Å². The fourth-order valence-electron chi connectivity index (χ4n) is 1.29. The van der Waals surface area contributed by atoms with Gasteiger partial charge in [0.15, 0.2) is 17.1 Å². The fraction of sp³-hybridized carbons (Fsp3) is 0.100. The molecule has 3 N–H and O–H groups in total. The summed E-state index contributed by atoms with van der Waals surface area (Å²) in [5, 5.41) is 10.0. The van der Waals surface area contributed by atoms with E-state index >= 15 is 0 Å². The number of carbonyl (C=O) groups is 1. The summed E-state index contributed by atoms with van der Waals surface area (Å²) in [6, 6.07) is 4.72. The highest BCUT2D eigenvalue weighted by atomic mass is 16.3. The van der Waals surface area contributed by atoms with Crippen LogP contribution >= 0.6 is 0 Å². The molecule has 1 heterocycles. The van der Waals surface area contributed by atoms with Gasteiger partial charge in [-0.3, -0.25) is 4.79 Å². The number of phenols is 1. The number of hydrogen-bond donors (Lipinski definition) is 2. The zero-order chi connectivity index (χ0) is 10.3. The molecule has 0 aliphatic heterocycles. The van der Waals surface area contributed by atoms with Crippen molar-refractivity contribution < 1.29 is 14.3 Å². The molecule has 0 atom stereocenters. The predicted octanol–water partition coefficient (Wildman–Crippen LogP) is 1.92. The van der Waals surface area contributed by atoms with Crippen LogP contribution in [0.15, 0.2) is 22.6 Å². The molecule has 0 spiro atoms. The van der Waals surface area contributed by atoms with Crippen molar-refractivity contribution in [2.45, 2.75) is 6.92 Å². The topological polar surface area (TPSA) is 76.5 Å². The molecule has 0 aliphatic rings. The van der Waals surface area contributed by atoms with Crippen molar-refractivity contribution in [1.82, 2.24) is 0 Å². The third kappa shape index (κ3) is 1.12. The number of carbonyl (C=O) groups excluding carboxylic acids is 1. The van der Waals surface area contributed by atoms with Gasteiger partial charge in [-0.15, -0.1) is 0 Å². The molecule has 0 fully saturated rings. The van der Waals surface area contributed by atoms with Crippen molar-refractivity contribution in [2.24, 2.45) is 0 Å². The first kappa shape index (κ1) is 8.62. The van der Waals surface area contributed by atoms with E-state index in [4.69, 9.17) is 10.2 Å². The lowest BCUT2D eigenvalue weighted by Crippen LogP contribution is -1.86. The molecule has 0 bridgehead atoms. The molecule has 0 unspecified atom stereocenters. The van der Waals surface area contributed by atoms with E-state index in [-0.39, 0.29) is 23.0 Å². The van der Waals surface area contributed by atoms with Crippen LogP contribution in [-0.2, 0) is 0 Å². The first-order valence-corrected chi connectivity index (χ1v) is 4.11. The molecule has 2 rings (SSSR count). The number of rotatable bonds is 1. The molecule has 0 radical (unpaired) electrons. The molecule has 14 heavy (non-hydrogen) atoms. The van der Waals surface area contributed by atoms with Gasteiger partial charge in [-0.25, -0.2) is 0 Å². The summed E-state index contributed by atoms with van der Waals surface area (Å²) >= 11 is 0. The maximum atomic E-state index is 11.0. The van der Waals surface area contributed by atoms with E-state index in [2.05, 4.69) is 0 Å². The van der Waals surface area contributed by atoms with Crippen LogP contribution in [0.5, 0.6) is 5.75 Å². The van der Waals surface area contributed by atoms with Gasteiger partial charge < -0.3 is 15.3 Å². The molecule has 2 aromatic rings. The minimum absolute atomic E-state index is 0.0399. The maximum Gasteiger partial charge on any atom is 0.194 e. The number of ketones is 1. The van der Waals surface area contributed by atoms with Crippen LogP contribution < -0.4 is 5.73 Å². The molecule has 4 nitrogen and oxygen atoms in total. The summed E-state index contributed by atoms with van der Waals surface area (Å²) in [6.07, 6.45) is 0. The van der Waals surface area contributed by atoms with Gasteiger partial charge in [0, 0.05) is 12.3 Å². The van der Waals surface area contributed by atoms with Crippen LogP contribution in [0.3, 0.4) is 0 Å². The molecule has 72 valence electrons. The number of hydrogen-bond acceptors (Lipinski definition) is 4. The number of nitrogen functional groups attached to an aromatic ring is 1. The summed E-state index contributed by atoms with van der Waals surface area (Å²) < 4.78 is 5.21. The van der Waals surface area contributed by atoms with Crippen molar-refractivity contribution in [3.63, 3.8) is 0 Å². The Bertz CT molecular complexity index is 513. The minimum atomic E-state index is -0.167. The Labute approximate surface area is 79.9 Å². The van der Waals surface area contributed by atoms with Crippen LogP contribution in [0.2, 0.25) is 0 Å². The summed E-state index contributed by atoms with van der Waals surface area (Å²) in [6.45, 7) is 1.41. The number of phenolic OH excluding ortho intramolecular Hbond substituents is 1. The second-order valence-corrected chi connectivity index (χ2v) is 3.08. The van der Waals surface area contributed by atoms with Gasteiger partial charge in [0.2, 0.25) is 0 Å². The highest BCUT2D eigenvalue weighted by molar-refractivity contribution is 5.99. The van der Waals surface area contributed by atoms with Gasteiger partial charge in [0.25, 0.3) is 0 Å². The van der Waals surface area contributed by atoms with Crippen molar-refractivity contribution in [1.29, 1.82) is 0 Å². The largest absolute Gasteiger partial charge is 0.506 e. The zero-order valence-corrected chi connectivity index (χ0v) is 7.57. The van der Waals surface area contributed by atoms with E-state index in [1.807, 2.05) is 0 Å². The van der Waals surface area contributed by atoms with E-state index in [9.17, 15) is 9.90 Å². The third-order valence-corrected chi connectivity index (χ3v) is 2.05. The highest BCUT2D eigenvalue weighted by Gasteiger charge is 2.11. The van der Waals surface area contributed by atoms with Crippen LogP contribution in [0.25, 0.3) is 11.0 Å². The Balaban J connectivity index is 2.77. The highest BCUT2D eigenvalue weighted by Crippen LogP contribution is 2.31. The monoisotopic (exact) mass is 191 g/mol. The Kier molecular flexibility index (Phi) is 1.70. The van der Waals surface area contributed by atoms with Gasteiger partial charge in [0.05, 0.1) is 0 Å². The number of anilines is 1. The van der Waals surface area contributed by atoms with Crippen molar-refractivity contribution in [3.8, 4) is 5.75 Å². The fourth-order valence-corrected chi connectivity index (χ4v) is 1.29. The Hall–Kier alpha value is -1.97. The molecular weight excluding hydrogens is 182 g/mol. The van der Waals surface area contributed by atoms with E-state index in [0.717, 1.165) is 0 Å². The summed E-state index contributed by atoms with van der Waals surface area (Å²) in [5.41, 5.74) is 6.10. The van der Waals surface area contributed by atoms with Crippen molar-refractivity contribution in [2.75, 3.05) is 5.73 Å². The minimum Gasteiger partial charge on any atom is -0.506 e. The van der Waals surface area contributed by atoms with Crippen LogP contribution in [-0.4, -0.2) is 10.9 Å². The Morgan fingerprint density at radius 3 is 2.86 bits per heavy atom. The van der Waals surface area contributed by atoms with Crippen molar-refractivity contribution in [3.05, 3.63) is 24.0 Å². The quantitative estimate of drug-likeness (QED) is 0.410. The number of aromatic hydroxyl groups is 1. The first-order chi connectivity index (χ1) is 6.59. The number of furan rings is 1. The average Bonchev–Trinajstić information content (AvgIpc) is 2.56. The van der Waals surface area contributed by atoms with E-state index in [1.165, 1.54) is 13.0 Å². The number of benzene rings is 1. The van der Waals surface area contributed by atoms with Gasteiger partial charge >= 0.3 is 0 Å². The molecule has 1 aromatic heterocycles. The normalized spacial score (nSPS) is 10.6. The number of nitrogens with two attached hydrogens (primary N) is 1. The molecular formula is C10H9NO3. The molecule has 4 heteroatoms. The summed E-state index contributed by atoms with van der Waals surface area (Å²) in [5.74, 6) is 0.0411. The molecule has 0 aliphatic carbocycles. The summed E-state index contributed by atoms with van der Waals surface area (Å²) in [4.78, 5) is 11.0. The second-order valence-electron chi connectivity index (χ2n) is 3.08. The Morgan fingerprint density at radius 2 is 2.21 bits per heavy atom. The predicted molar refractivity (Wildman–Crippen MR) is 52.3 cm³/mol. The standard InChI is InChI=1S/C10H9NO3/c1-5(12)8-4-6-2-3-7(13)9(11)10(6)14-8/h2-4,13H,11H2,1H3. The van der Waals surface area contributed by atoms with Crippen molar-refractivity contribution >= 4 is 22.4 Å². The first-order valence-electron chi connectivity index (χ1n) is 4.11. The summed E-state index contributed by atoms with van der Waals surface area (Å²) in [7, 11) is 0. The van der Waals surface area contributed by atoms with Gasteiger partial charge in [0.1, 0.15) is 11.4 Å². The van der Waals surface area contributed by atoms with Gasteiger partial charge in [-0.1, -0.05) is 0 Å². The Morgan fingerprint density at radius 1 is 1.50 bits per heavy atom. The smallest absolute Gasteiger partial charge is 0.194 e. The lowest BCUT2D eigenvalue weighted by Gasteiger charge is -1.97. The maximum absolute atomic E-state index is 11.0. The molecule has 0 amide bonds. The molecule has 1 aromatic carbocycles. The number of fused-ring (bicyclic) bond motifs is 1. The van der Waals surface area contributed by atoms with E-state index < -0.39 is 0 Å². The molecule has 0 saturated carbocycles. The lowest BCUT2D eigenvalue weighted by molar-refractivity contribution is 0.0989. The van der Waals surface area contributed by atoms with Gasteiger partial charge in [-0.05, 0) is 18.2 Å². The van der Waals surface area contributed by atoms with Crippen LogP contribution in [0, 0.1) is 0 Å². The zero-order valence-electron chi connectivity index (χ0n) is 7.57. The van der Waals surface area contributed by atoms with Gasteiger partial charge in [-0.2, -0.15) is 0 Å². The molecule has 0 saturated heterocycles. The van der Waals surface area contributed by atoms with E-state index in [0.29, 0.717) is 11.0 Å². The average molecular weight is 191 g/mol. The number of Topliss-reactive ketones (excluding diaryl/α,β-unsaturated/α-hetero) is 1. The third-order valence-electron chi connectivity index (χ3n) is 2.05. The van der Waals surface area contributed by atoms with E-state index in [1.54, 1.807) is 12.1 Å².